The zero-order valence-corrected chi connectivity index (χ0v) is 10.7. The van der Waals surface area contributed by atoms with E-state index in [1.54, 1.807) is 0 Å². The minimum absolute atomic E-state index is 0.765. The van der Waals surface area contributed by atoms with Crippen LogP contribution in [0.25, 0.3) is 0 Å². The Hall–Kier alpha value is 0.310. The third-order valence-electron chi connectivity index (χ3n) is 2.88. The highest BCUT2D eigenvalue weighted by molar-refractivity contribution is 7.99. The van der Waals surface area contributed by atoms with E-state index in [1.165, 1.54) is 37.3 Å². The summed E-state index contributed by atoms with van der Waals surface area (Å²) < 4.78 is 0. The molecule has 1 atom stereocenters. The quantitative estimate of drug-likeness (QED) is 0.624. The van der Waals surface area contributed by atoms with Gasteiger partial charge in [0.15, 0.2) is 0 Å². The van der Waals surface area contributed by atoms with E-state index >= 15 is 0 Å². The van der Waals surface area contributed by atoms with Gasteiger partial charge in [0, 0.05) is 18.3 Å². The zero-order chi connectivity index (χ0) is 10.4. The molecule has 0 aromatic carbocycles. The van der Waals surface area contributed by atoms with E-state index in [1.807, 2.05) is 0 Å². The smallest absolute Gasteiger partial charge is 0.00673 e. The number of hydrogen-bond donors (Lipinski definition) is 1. The molecule has 0 amide bonds. The lowest BCUT2D eigenvalue weighted by Gasteiger charge is -2.12. The highest BCUT2D eigenvalue weighted by atomic mass is 32.2. The maximum Gasteiger partial charge on any atom is 0.00673 e. The fraction of sp³-hybridized carbons (Fsp3) is 1.00. The fourth-order valence-corrected chi connectivity index (χ4v) is 2.65. The fourth-order valence-electron chi connectivity index (χ4n) is 1.54. The summed E-state index contributed by atoms with van der Waals surface area (Å²) in [6.07, 6.45) is 4.27. The Morgan fingerprint density at radius 2 is 1.93 bits per heavy atom. The molecule has 1 aliphatic carbocycles. The SMILES string of the molecule is CC(C)CCSCCNC(C)C1CC1. The van der Waals surface area contributed by atoms with Crippen molar-refractivity contribution in [3.05, 3.63) is 0 Å². The third-order valence-corrected chi connectivity index (χ3v) is 3.90. The Kier molecular flexibility index (Phi) is 5.95. The Balaban J connectivity index is 1.79. The van der Waals surface area contributed by atoms with Crippen molar-refractivity contribution in [2.75, 3.05) is 18.1 Å². The maximum absolute atomic E-state index is 3.61. The molecule has 0 radical (unpaired) electrons. The predicted octanol–water partition coefficient (Wildman–Crippen LogP) is 3.15. The van der Waals surface area contributed by atoms with Gasteiger partial charge in [-0.25, -0.2) is 0 Å². The molecule has 1 fully saturated rings. The molecule has 0 saturated heterocycles. The molecule has 0 aromatic heterocycles. The van der Waals surface area contributed by atoms with Crippen LogP contribution in [0.3, 0.4) is 0 Å². The van der Waals surface area contributed by atoms with Crippen LogP contribution in [-0.2, 0) is 0 Å². The van der Waals surface area contributed by atoms with Gasteiger partial charge in [-0.1, -0.05) is 13.8 Å². The molecule has 1 nitrogen and oxygen atoms in total. The van der Waals surface area contributed by atoms with Gasteiger partial charge in [-0.05, 0) is 43.8 Å². The summed E-state index contributed by atoms with van der Waals surface area (Å²) in [6.45, 7) is 8.12. The molecular formula is C12H25NS. The molecule has 1 N–H and O–H groups in total. The van der Waals surface area contributed by atoms with Gasteiger partial charge in [0.1, 0.15) is 0 Å². The van der Waals surface area contributed by atoms with E-state index < -0.39 is 0 Å². The number of rotatable bonds is 8. The van der Waals surface area contributed by atoms with Crippen molar-refractivity contribution in [3.8, 4) is 0 Å². The van der Waals surface area contributed by atoms with Gasteiger partial charge < -0.3 is 5.32 Å². The van der Waals surface area contributed by atoms with Crippen LogP contribution in [-0.4, -0.2) is 24.1 Å². The lowest BCUT2D eigenvalue weighted by Crippen LogP contribution is -2.29. The van der Waals surface area contributed by atoms with E-state index in [-0.39, 0.29) is 0 Å². The van der Waals surface area contributed by atoms with Gasteiger partial charge in [0.05, 0.1) is 0 Å². The molecule has 1 aliphatic rings. The number of hydrogen-bond acceptors (Lipinski definition) is 2. The van der Waals surface area contributed by atoms with Crippen molar-refractivity contribution < 1.29 is 0 Å². The first kappa shape index (κ1) is 12.4. The minimum Gasteiger partial charge on any atom is -0.313 e. The molecule has 1 rings (SSSR count). The van der Waals surface area contributed by atoms with Crippen LogP contribution >= 0.6 is 11.8 Å². The van der Waals surface area contributed by atoms with Crippen LogP contribution in [0.5, 0.6) is 0 Å². The van der Waals surface area contributed by atoms with Gasteiger partial charge in [-0.2, -0.15) is 11.8 Å². The number of nitrogens with one attached hydrogen (secondary N) is 1. The third kappa shape index (κ3) is 5.92. The summed E-state index contributed by atoms with van der Waals surface area (Å²) in [4.78, 5) is 0. The molecule has 14 heavy (non-hydrogen) atoms. The highest BCUT2D eigenvalue weighted by Gasteiger charge is 2.26. The van der Waals surface area contributed by atoms with Gasteiger partial charge in [0.25, 0.3) is 0 Å². The van der Waals surface area contributed by atoms with Crippen molar-refractivity contribution in [2.45, 2.75) is 46.1 Å². The van der Waals surface area contributed by atoms with Crippen LogP contribution in [0.4, 0.5) is 0 Å². The van der Waals surface area contributed by atoms with Gasteiger partial charge in [0.2, 0.25) is 0 Å². The van der Waals surface area contributed by atoms with Gasteiger partial charge in [-0.15, -0.1) is 0 Å². The van der Waals surface area contributed by atoms with Crippen molar-refractivity contribution in [3.63, 3.8) is 0 Å². The Morgan fingerprint density at radius 1 is 1.21 bits per heavy atom. The first-order valence-electron chi connectivity index (χ1n) is 6.01. The maximum atomic E-state index is 3.61. The zero-order valence-electron chi connectivity index (χ0n) is 9.88. The Labute approximate surface area is 93.4 Å². The summed E-state index contributed by atoms with van der Waals surface area (Å²) in [5.74, 6) is 4.47. The molecule has 2 heteroatoms. The molecule has 0 bridgehead atoms. The standard InChI is InChI=1S/C12H25NS/c1-10(2)6-8-14-9-7-13-11(3)12-4-5-12/h10-13H,4-9H2,1-3H3. The van der Waals surface area contributed by atoms with E-state index in [4.69, 9.17) is 0 Å². The van der Waals surface area contributed by atoms with Gasteiger partial charge >= 0.3 is 0 Å². The first-order chi connectivity index (χ1) is 6.70. The van der Waals surface area contributed by atoms with Crippen LogP contribution in [0.1, 0.15) is 40.0 Å². The molecular weight excluding hydrogens is 190 g/mol. The molecule has 0 aliphatic heterocycles. The molecule has 0 heterocycles. The van der Waals surface area contributed by atoms with E-state index in [9.17, 15) is 0 Å². The van der Waals surface area contributed by atoms with Crippen molar-refractivity contribution in [1.82, 2.24) is 5.32 Å². The average molecular weight is 215 g/mol. The Morgan fingerprint density at radius 3 is 2.50 bits per heavy atom. The topological polar surface area (TPSA) is 12.0 Å². The van der Waals surface area contributed by atoms with Crippen molar-refractivity contribution >= 4 is 11.8 Å². The minimum atomic E-state index is 0.765. The number of thioether (sulfide) groups is 1. The summed E-state index contributed by atoms with van der Waals surface area (Å²) in [6, 6.07) is 0.765. The highest BCUT2D eigenvalue weighted by Crippen LogP contribution is 2.32. The monoisotopic (exact) mass is 215 g/mol. The molecule has 1 unspecified atom stereocenters. The summed E-state index contributed by atoms with van der Waals surface area (Å²) in [7, 11) is 0. The van der Waals surface area contributed by atoms with Crippen molar-refractivity contribution in [2.24, 2.45) is 11.8 Å². The lowest BCUT2D eigenvalue weighted by molar-refractivity contribution is 0.514. The summed E-state index contributed by atoms with van der Waals surface area (Å²) >= 11 is 2.09. The largest absolute Gasteiger partial charge is 0.313 e. The molecule has 84 valence electrons. The van der Waals surface area contributed by atoms with E-state index in [0.717, 1.165) is 17.9 Å². The van der Waals surface area contributed by atoms with Crippen LogP contribution in [0.2, 0.25) is 0 Å². The average Bonchev–Trinajstić information content (AvgIpc) is 2.92. The van der Waals surface area contributed by atoms with Crippen LogP contribution in [0, 0.1) is 11.8 Å². The lowest BCUT2D eigenvalue weighted by atomic mass is 10.2. The Bertz CT molecular complexity index is 143. The molecule has 1 saturated carbocycles. The second-order valence-electron chi connectivity index (χ2n) is 4.88. The normalized spacial score (nSPS) is 18.9. The van der Waals surface area contributed by atoms with Gasteiger partial charge in [-0.3, -0.25) is 0 Å². The second kappa shape index (κ2) is 6.73. The van der Waals surface area contributed by atoms with E-state index in [0.29, 0.717) is 0 Å². The summed E-state index contributed by atoms with van der Waals surface area (Å²) in [5, 5.41) is 3.61. The molecule has 0 aromatic rings. The van der Waals surface area contributed by atoms with E-state index in [2.05, 4.69) is 37.8 Å². The van der Waals surface area contributed by atoms with Crippen LogP contribution in [0.15, 0.2) is 0 Å². The second-order valence-corrected chi connectivity index (χ2v) is 6.10. The first-order valence-corrected chi connectivity index (χ1v) is 7.16. The molecule has 0 spiro atoms. The van der Waals surface area contributed by atoms with Crippen LogP contribution < -0.4 is 5.32 Å². The van der Waals surface area contributed by atoms with Crippen molar-refractivity contribution in [1.29, 1.82) is 0 Å². The predicted molar refractivity (Wildman–Crippen MR) is 67.0 cm³/mol. The summed E-state index contributed by atoms with van der Waals surface area (Å²) in [5.41, 5.74) is 0.